The molecule has 7 heteroatoms. The Morgan fingerprint density at radius 3 is 2.53 bits per heavy atom. The Balaban J connectivity index is 3.02. The molecule has 0 amide bonds. The predicted octanol–water partition coefficient (Wildman–Crippen LogP) is 2.77. The van der Waals surface area contributed by atoms with Gasteiger partial charge >= 0.3 is 0 Å². The van der Waals surface area contributed by atoms with Gasteiger partial charge in [0.15, 0.2) is 11.5 Å². The minimum absolute atomic E-state index is 0.504. The number of methoxy groups -OCH3 is 2. The molecule has 1 aromatic rings. The van der Waals surface area contributed by atoms with Gasteiger partial charge in [0.2, 0.25) is 0 Å². The first-order valence-electron chi connectivity index (χ1n) is 4.72. The molecule has 1 N–H and O–H groups in total. The number of benzene rings is 1. The van der Waals surface area contributed by atoms with Crippen LogP contribution in [0.25, 0.3) is 10.4 Å². The SMILES string of the molecule is COc1ccc(C(O)C(Br)N=[N+]=[N-])cc1OC. The Hall–Kier alpha value is -1.43. The maximum Gasteiger partial charge on any atom is 0.161 e. The summed E-state index contributed by atoms with van der Waals surface area (Å²) in [7, 11) is 3.04. The molecule has 2 atom stereocenters. The van der Waals surface area contributed by atoms with Crippen molar-refractivity contribution in [1.82, 2.24) is 0 Å². The van der Waals surface area contributed by atoms with Crippen LogP contribution in [-0.2, 0) is 0 Å². The van der Waals surface area contributed by atoms with Crippen LogP contribution in [0.4, 0.5) is 0 Å². The first-order valence-corrected chi connectivity index (χ1v) is 5.64. The minimum Gasteiger partial charge on any atom is -0.493 e. The van der Waals surface area contributed by atoms with E-state index < -0.39 is 11.1 Å². The number of aliphatic hydroxyl groups is 1. The van der Waals surface area contributed by atoms with E-state index >= 15 is 0 Å². The third-order valence-electron chi connectivity index (χ3n) is 2.17. The van der Waals surface area contributed by atoms with Gasteiger partial charge in [-0.15, -0.1) is 0 Å². The molecule has 1 aromatic carbocycles. The van der Waals surface area contributed by atoms with E-state index in [1.54, 1.807) is 18.2 Å². The molecule has 92 valence electrons. The second kappa shape index (κ2) is 6.34. The van der Waals surface area contributed by atoms with Crippen LogP contribution in [-0.4, -0.2) is 24.3 Å². The first kappa shape index (κ1) is 13.6. The van der Waals surface area contributed by atoms with Crippen LogP contribution in [0.5, 0.6) is 11.5 Å². The molecule has 2 unspecified atom stereocenters. The summed E-state index contributed by atoms with van der Waals surface area (Å²) in [6.07, 6.45) is -0.953. The predicted molar refractivity (Wildman–Crippen MR) is 66.4 cm³/mol. The fourth-order valence-electron chi connectivity index (χ4n) is 1.31. The zero-order valence-electron chi connectivity index (χ0n) is 9.37. The van der Waals surface area contributed by atoms with Gasteiger partial charge in [-0.05, 0) is 23.2 Å². The van der Waals surface area contributed by atoms with Crippen LogP contribution < -0.4 is 9.47 Å². The molecule has 6 nitrogen and oxygen atoms in total. The fourth-order valence-corrected chi connectivity index (χ4v) is 1.70. The van der Waals surface area contributed by atoms with E-state index in [0.29, 0.717) is 17.1 Å². The van der Waals surface area contributed by atoms with E-state index in [4.69, 9.17) is 15.0 Å². The Morgan fingerprint density at radius 1 is 1.35 bits per heavy atom. The third-order valence-corrected chi connectivity index (χ3v) is 2.86. The average molecular weight is 302 g/mol. The zero-order chi connectivity index (χ0) is 12.8. The van der Waals surface area contributed by atoms with Gasteiger partial charge in [-0.3, -0.25) is 0 Å². The van der Waals surface area contributed by atoms with Gasteiger partial charge in [-0.25, -0.2) is 0 Å². The van der Waals surface area contributed by atoms with Gasteiger partial charge in [0.1, 0.15) is 4.95 Å². The number of azide groups is 1. The van der Waals surface area contributed by atoms with Gasteiger partial charge in [0, 0.05) is 4.91 Å². The maximum absolute atomic E-state index is 9.90. The van der Waals surface area contributed by atoms with Crippen LogP contribution in [0, 0.1) is 0 Å². The van der Waals surface area contributed by atoms with Crippen molar-refractivity contribution < 1.29 is 14.6 Å². The van der Waals surface area contributed by atoms with E-state index in [0.717, 1.165) is 0 Å². The van der Waals surface area contributed by atoms with Crippen molar-refractivity contribution in [2.45, 2.75) is 11.1 Å². The van der Waals surface area contributed by atoms with Crippen LogP contribution in [0.15, 0.2) is 23.3 Å². The van der Waals surface area contributed by atoms with Crippen molar-refractivity contribution in [3.63, 3.8) is 0 Å². The summed E-state index contributed by atoms with van der Waals surface area (Å²) in [6.45, 7) is 0. The van der Waals surface area contributed by atoms with Crippen molar-refractivity contribution in [3.05, 3.63) is 34.2 Å². The van der Waals surface area contributed by atoms with Gasteiger partial charge in [0.25, 0.3) is 0 Å². The number of aliphatic hydroxyl groups excluding tert-OH is 1. The van der Waals surface area contributed by atoms with Crippen molar-refractivity contribution in [2.24, 2.45) is 5.11 Å². The highest BCUT2D eigenvalue weighted by Gasteiger charge is 2.18. The number of nitrogens with zero attached hydrogens (tertiary/aromatic N) is 3. The van der Waals surface area contributed by atoms with E-state index in [-0.39, 0.29) is 0 Å². The molecule has 0 radical (unpaired) electrons. The van der Waals surface area contributed by atoms with Crippen LogP contribution in [0.1, 0.15) is 11.7 Å². The number of hydrogen-bond donors (Lipinski definition) is 1. The molecular weight excluding hydrogens is 290 g/mol. The monoisotopic (exact) mass is 301 g/mol. The van der Waals surface area contributed by atoms with E-state index in [1.807, 2.05) is 0 Å². The van der Waals surface area contributed by atoms with Crippen molar-refractivity contribution in [2.75, 3.05) is 14.2 Å². The molecule has 0 aliphatic heterocycles. The summed E-state index contributed by atoms with van der Waals surface area (Å²) in [5, 5.41) is 13.3. The Bertz CT molecular complexity index is 435. The van der Waals surface area contributed by atoms with E-state index in [1.165, 1.54) is 14.2 Å². The molecule has 1 rings (SSSR count). The quantitative estimate of drug-likeness (QED) is 0.298. The fraction of sp³-hybridized carbons (Fsp3) is 0.400. The lowest BCUT2D eigenvalue weighted by molar-refractivity contribution is 0.177. The van der Waals surface area contributed by atoms with Crippen molar-refractivity contribution in [3.8, 4) is 11.5 Å². The summed E-state index contributed by atoms with van der Waals surface area (Å²) in [5.41, 5.74) is 8.85. The van der Waals surface area contributed by atoms with Crippen LogP contribution in [0.2, 0.25) is 0 Å². The Kier molecular flexibility index (Phi) is 5.09. The lowest BCUT2D eigenvalue weighted by Crippen LogP contribution is -2.09. The molecule has 0 aliphatic rings. The van der Waals surface area contributed by atoms with Gasteiger partial charge in [-0.2, -0.15) is 0 Å². The molecule has 0 saturated carbocycles. The second-order valence-corrected chi connectivity index (χ2v) is 4.07. The van der Waals surface area contributed by atoms with Crippen molar-refractivity contribution >= 4 is 15.9 Å². The standard InChI is InChI=1S/C10H12BrN3O3/c1-16-7-4-3-6(5-8(7)17-2)9(15)10(11)13-14-12/h3-5,9-10,15H,1-2H3. The first-order chi connectivity index (χ1) is 8.13. The minimum atomic E-state index is -0.953. The number of rotatable bonds is 5. The molecule has 0 spiro atoms. The summed E-state index contributed by atoms with van der Waals surface area (Å²) in [6, 6.07) is 4.98. The molecule has 0 fully saturated rings. The van der Waals surface area contributed by atoms with Crippen molar-refractivity contribution in [1.29, 1.82) is 0 Å². The molecule has 17 heavy (non-hydrogen) atoms. The normalized spacial score (nSPS) is 13.4. The van der Waals surface area contributed by atoms with Gasteiger partial charge in [-0.1, -0.05) is 27.1 Å². The zero-order valence-corrected chi connectivity index (χ0v) is 11.0. The largest absolute Gasteiger partial charge is 0.493 e. The molecule has 0 bridgehead atoms. The van der Waals surface area contributed by atoms with E-state index in [2.05, 4.69) is 26.0 Å². The number of ether oxygens (including phenoxy) is 2. The van der Waals surface area contributed by atoms with E-state index in [9.17, 15) is 5.11 Å². The van der Waals surface area contributed by atoms with Crippen LogP contribution >= 0.6 is 15.9 Å². The highest BCUT2D eigenvalue weighted by molar-refractivity contribution is 9.09. The second-order valence-electron chi connectivity index (χ2n) is 3.14. The lowest BCUT2D eigenvalue weighted by Gasteiger charge is -2.15. The van der Waals surface area contributed by atoms with Gasteiger partial charge < -0.3 is 14.6 Å². The average Bonchev–Trinajstić information content (AvgIpc) is 2.37. The summed E-state index contributed by atoms with van der Waals surface area (Å²) in [5.74, 6) is 1.07. The van der Waals surface area contributed by atoms with Gasteiger partial charge in [0.05, 0.1) is 20.3 Å². The Labute approximate surface area is 107 Å². The maximum atomic E-state index is 9.90. The Morgan fingerprint density at radius 2 is 2.00 bits per heavy atom. The molecular formula is C10H12BrN3O3. The number of hydrogen-bond acceptors (Lipinski definition) is 4. The summed E-state index contributed by atoms with van der Waals surface area (Å²) < 4.78 is 10.2. The molecule has 0 aromatic heterocycles. The lowest BCUT2D eigenvalue weighted by atomic mass is 10.1. The molecule has 0 aliphatic carbocycles. The molecule has 0 heterocycles. The van der Waals surface area contributed by atoms with Crippen LogP contribution in [0.3, 0.4) is 0 Å². The number of halogens is 1. The highest BCUT2D eigenvalue weighted by atomic mass is 79.9. The smallest absolute Gasteiger partial charge is 0.161 e. The highest BCUT2D eigenvalue weighted by Crippen LogP contribution is 2.32. The summed E-state index contributed by atoms with van der Waals surface area (Å²) in [4.78, 5) is 1.89. The third kappa shape index (κ3) is 3.26. The molecule has 0 saturated heterocycles. The topological polar surface area (TPSA) is 87.5 Å². The number of alkyl halides is 1. The summed E-state index contributed by atoms with van der Waals surface area (Å²) >= 11 is 3.08.